The van der Waals surface area contributed by atoms with Crippen molar-refractivity contribution in [1.82, 2.24) is 0 Å². The Morgan fingerprint density at radius 2 is 2.00 bits per heavy atom. The lowest BCUT2D eigenvalue weighted by atomic mass is 9.91. The molecule has 0 fully saturated rings. The Balaban J connectivity index is 3.44. The zero-order valence-corrected chi connectivity index (χ0v) is 9.49. The maximum absolute atomic E-state index is 11.0. The molecule has 7 nitrogen and oxygen atoms in total. The van der Waals surface area contributed by atoms with Gasteiger partial charge in [0.15, 0.2) is 0 Å². The third-order valence-electron chi connectivity index (χ3n) is 2.56. The number of carbonyl (C=O) groups is 2. The maximum atomic E-state index is 11.0. The van der Waals surface area contributed by atoms with Crippen molar-refractivity contribution in [2.45, 2.75) is 19.3 Å². The van der Waals surface area contributed by atoms with Crippen molar-refractivity contribution < 1.29 is 24.7 Å². The van der Waals surface area contributed by atoms with Gasteiger partial charge in [-0.3, -0.25) is 14.9 Å². The van der Waals surface area contributed by atoms with Crippen molar-refractivity contribution in [2.24, 2.45) is 0 Å². The third-order valence-corrected chi connectivity index (χ3v) is 2.56. The number of carboxylic acids is 2. The largest absolute Gasteiger partial charge is 0.481 e. The van der Waals surface area contributed by atoms with E-state index in [0.29, 0.717) is 0 Å². The first kappa shape index (κ1) is 13.6. The number of benzene rings is 1. The molecule has 7 heteroatoms. The van der Waals surface area contributed by atoms with Gasteiger partial charge in [0.2, 0.25) is 0 Å². The molecule has 0 aliphatic rings. The molecule has 0 amide bonds. The van der Waals surface area contributed by atoms with Crippen molar-refractivity contribution in [1.29, 1.82) is 0 Å². The fourth-order valence-corrected chi connectivity index (χ4v) is 1.67. The van der Waals surface area contributed by atoms with Gasteiger partial charge in [0.1, 0.15) is 0 Å². The number of hydrogen-bond donors (Lipinski definition) is 2. The van der Waals surface area contributed by atoms with Crippen molar-refractivity contribution in [3.8, 4) is 0 Å². The van der Waals surface area contributed by atoms with Gasteiger partial charge >= 0.3 is 11.9 Å². The molecule has 0 aromatic heterocycles. The number of rotatable bonds is 5. The van der Waals surface area contributed by atoms with E-state index in [-0.39, 0.29) is 23.2 Å². The Bertz CT molecular complexity index is 510. The van der Waals surface area contributed by atoms with E-state index < -0.39 is 22.8 Å². The summed E-state index contributed by atoms with van der Waals surface area (Å²) in [4.78, 5) is 31.9. The molecule has 18 heavy (non-hydrogen) atoms. The standard InChI is InChI=1S/C11H11NO6/c1-2-7(10(13)14)9-5-6(12(17)18)3-4-8(9)11(15)16/h3-5,7H,2H2,1H3,(H,13,14)(H,15,16). The van der Waals surface area contributed by atoms with E-state index in [0.717, 1.165) is 18.2 Å². The molecule has 1 unspecified atom stereocenters. The number of aromatic carboxylic acids is 1. The van der Waals surface area contributed by atoms with Crippen molar-refractivity contribution in [2.75, 3.05) is 0 Å². The molecule has 0 heterocycles. The van der Waals surface area contributed by atoms with Gasteiger partial charge in [-0.05, 0) is 18.1 Å². The lowest BCUT2D eigenvalue weighted by Crippen LogP contribution is -2.15. The van der Waals surface area contributed by atoms with Crippen LogP contribution >= 0.6 is 0 Å². The van der Waals surface area contributed by atoms with Gasteiger partial charge in [0.05, 0.1) is 16.4 Å². The van der Waals surface area contributed by atoms with E-state index in [1.54, 1.807) is 6.92 Å². The molecule has 0 aliphatic carbocycles. The van der Waals surface area contributed by atoms with E-state index in [9.17, 15) is 19.7 Å². The second-order valence-electron chi connectivity index (χ2n) is 3.63. The molecular formula is C11H11NO6. The molecule has 0 spiro atoms. The summed E-state index contributed by atoms with van der Waals surface area (Å²) < 4.78 is 0. The fourth-order valence-electron chi connectivity index (χ4n) is 1.67. The maximum Gasteiger partial charge on any atom is 0.335 e. The molecular weight excluding hydrogens is 242 g/mol. The summed E-state index contributed by atoms with van der Waals surface area (Å²) in [5, 5.41) is 28.6. The average molecular weight is 253 g/mol. The monoisotopic (exact) mass is 253 g/mol. The van der Waals surface area contributed by atoms with Crippen LogP contribution in [0, 0.1) is 10.1 Å². The second kappa shape index (κ2) is 5.26. The van der Waals surface area contributed by atoms with Crippen LogP contribution in [0.2, 0.25) is 0 Å². The van der Waals surface area contributed by atoms with Gasteiger partial charge in [-0.15, -0.1) is 0 Å². The molecule has 96 valence electrons. The summed E-state index contributed by atoms with van der Waals surface area (Å²) in [7, 11) is 0. The number of non-ortho nitro benzene ring substituents is 1. The van der Waals surface area contributed by atoms with E-state index in [4.69, 9.17) is 10.2 Å². The average Bonchev–Trinajstić information content (AvgIpc) is 2.28. The number of hydrogen-bond acceptors (Lipinski definition) is 4. The summed E-state index contributed by atoms with van der Waals surface area (Å²) in [5.74, 6) is -3.59. The highest BCUT2D eigenvalue weighted by Gasteiger charge is 2.25. The topological polar surface area (TPSA) is 118 Å². The molecule has 1 atom stereocenters. The Hall–Kier alpha value is -2.44. The highest BCUT2D eigenvalue weighted by Crippen LogP contribution is 2.27. The predicted octanol–water partition coefficient (Wildman–Crippen LogP) is 1.87. The SMILES string of the molecule is CCC(C(=O)O)c1cc([N+](=O)[O-])ccc1C(=O)O. The van der Waals surface area contributed by atoms with Crippen LogP contribution in [-0.2, 0) is 4.79 Å². The van der Waals surface area contributed by atoms with Gasteiger partial charge in [-0.1, -0.05) is 6.92 Å². The minimum Gasteiger partial charge on any atom is -0.481 e. The van der Waals surface area contributed by atoms with Crippen LogP contribution in [0.25, 0.3) is 0 Å². The van der Waals surface area contributed by atoms with E-state index in [1.807, 2.05) is 0 Å². The molecule has 2 N–H and O–H groups in total. The molecule has 1 aromatic rings. The highest BCUT2D eigenvalue weighted by molar-refractivity contribution is 5.92. The van der Waals surface area contributed by atoms with Crippen LogP contribution in [0.4, 0.5) is 5.69 Å². The van der Waals surface area contributed by atoms with E-state index in [2.05, 4.69) is 0 Å². The predicted molar refractivity (Wildman–Crippen MR) is 60.7 cm³/mol. The van der Waals surface area contributed by atoms with Crippen LogP contribution in [0.5, 0.6) is 0 Å². The Kier molecular flexibility index (Phi) is 3.98. The minimum atomic E-state index is -1.31. The van der Waals surface area contributed by atoms with Crippen LogP contribution in [0.15, 0.2) is 18.2 Å². The molecule has 0 aliphatic heterocycles. The van der Waals surface area contributed by atoms with Crippen LogP contribution in [-0.4, -0.2) is 27.1 Å². The molecule has 0 saturated carbocycles. The summed E-state index contributed by atoms with van der Waals surface area (Å²) in [6.07, 6.45) is 0.150. The second-order valence-corrected chi connectivity index (χ2v) is 3.63. The lowest BCUT2D eigenvalue weighted by molar-refractivity contribution is -0.384. The number of aliphatic carboxylic acids is 1. The summed E-state index contributed by atoms with van der Waals surface area (Å²) in [6.45, 7) is 1.57. The Labute approximate surface area is 102 Å². The normalized spacial score (nSPS) is 11.8. The molecule has 0 saturated heterocycles. The minimum absolute atomic E-state index is 0.0494. The van der Waals surface area contributed by atoms with Gasteiger partial charge in [0, 0.05) is 12.1 Å². The summed E-state index contributed by atoms with van der Waals surface area (Å²) in [5.41, 5.74) is -0.601. The molecule has 1 rings (SSSR count). The lowest BCUT2D eigenvalue weighted by Gasteiger charge is -2.12. The first-order valence-corrected chi connectivity index (χ1v) is 5.12. The van der Waals surface area contributed by atoms with Crippen LogP contribution < -0.4 is 0 Å². The van der Waals surface area contributed by atoms with Crippen molar-refractivity contribution >= 4 is 17.6 Å². The summed E-state index contributed by atoms with van der Waals surface area (Å²) >= 11 is 0. The first-order chi connectivity index (χ1) is 8.38. The zero-order chi connectivity index (χ0) is 13.9. The quantitative estimate of drug-likeness (QED) is 0.610. The van der Waals surface area contributed by atoms with Gasteiger partial charge in [-0.25, -0.2) is 4.79 Å². The number of nitro benzene ring substituents is 1. The van der Waals surface area contributed by atoms with Crippen LogP contribution in [0.3, 0.4) is 0 Å². The molecule has 0 radical (unpaired) electrons. The number of nitrogens with zero attached hydrogens (tertiary/aromatic N) is 1. The first-order valence-electron chi connectivity index (χ1n) is 5.12. The van der Waals surface area contributed by atoms with E-state index in [1.165, 1.54) is 0 Å². The van der Waals surface area contributed by atoms with Crippen molar-refractivity contribution in [3.63, 3.8) is 0 Å². The molecule has 0 bridgehead atoms. The van der Waals surface area contributed by atoms with Gasteiger partial charge < -0.3 is 10.2 Å². The zero-order valence-electron chi connectivity index (χ0n) is 9.49. The van der Waals surface area contributed by atoms with Gasteiger partial charge in [-0.2, -0.15) is 0 Å². The van der Waals surface area contributed by atoms with Gasteiger partial charge in [0.25, 0.3) is 5.69 Å². The fraction of sp³-hybridized carbons (Fsp3) is 0.273. The smallest absolute Gasteiger partial charge is 0.335 e. The van der Waals surface area contributed by atoms with Crippen LogP contribution in [0.1, 0.15) is 35.2 Å². The summed E-state index contributed by atoms with van der Waals surface area (Å²) in [6, 6.07) is 3.11. The third kappa shape index (κ3) is 2.62. The number of nitro groups is 1. The number of carboxylic acid groups (broad SMARTS) is 2. The highest BCUT2D eigenvalue weighted by atomic mass is 16.6. The Morgan fingerprint density at radius 1 is 1.39 bits per heavy atom. The van der Waals surface area contributed by atoms with E-state index >= 15 is 0 Å². The van der Waals surface area contributed by atoms with Crippen molar-refractivity contribution in [3.05, 3.63) is 39.4 Å². The Morgan fingerprint density at radius 3 is 2.39 bits per heavy atom. The molecule has 1 aromatic carbocycles.